The molecule has 0 radical (unpaired) electrons. The molecule has 2 N–H and O–H groups in total. The quantitative estimate of drug-likeness (QED) is 0.0272. The molecule has 74 heavy (non-hydrogen) atoms. The fourth-order valence-electron chi connectivity index (χ4n) is 8.27. The Morgan fingerprint density at radius 2 is 0.838 bits per heavy atom. The van der Waals surface area contributed by atoms with Gasteiger partial charge in [0.05, 0.1) is 39.9 Å². The summed E-state index contributed by atoms with van der Waals surface area (Å²) in [5, 5.41) is 13.8. The van der Waals surface area contributed by atoms with Crippen molar-refractivity contribution in [1.82, 2.24) is 5.32 Å². The number of likely N-dealkylation sites (N-methyl/N-ethyl adjacent to an activating group) is 1. The van der Waals surface area contributed by atoms with Gasteiger partial charge in [-0.2, -0.15) is 0 Å². The third-order valence-electron chi connectivity index (χ3n) is 13.0. The summed E-state index contributed by atoms with van der Waals surface area (Å²) >= 11 is 0. The van der Waals surface area contributed by atoms with E-state index in [1.165, 1.54) is 141 Å². The molecule has 0 aliphatic rings. The minimum atomic E-state index is -4.60. The van der Waals surface area contributed by atoms with Gasteiger partial charge in [0, 0.05) is 6.42 Å². The van der Waals surface area contributed by atoms with Crippen LogP contribution in [-0.4, -0.2) is 68.5 Å². The Morgan fingerprint density at radius 1 is 0.486 bits per heavy atom. The SMILES string of the molecule is CC/C=C\C/C=C\C/C=C\C/C=C\C/C=C\C/C=C\C/C=C\CCCCCCCCCCCCCCCCCCCCCC(=O)NC(COP(=O)([O-])OCC[N+](C)(C)C)C(O)/C=C/CC/C=C/CCCCCCC. The van der Waals surface area contributed by atoms with Crippen LogP contribution in [-0.2, 0) is 18.4 Å². The van der Waals surface area contributed by atoms with Gasteiger partial charge in [-0.15, -0.1) is 0 Å². The highest BCUT2D eigenvalue weighted by atomic mass is 31.2. The van der Waals surface area contributed by atoms with Gasteiger partial charge in [-0.25, -0.2) is 0 Å². The summed E-state index contributed by atoms with van der Waals surface area (Å²) in [6.45, 7) is 4.48. The van der Waals surface area contributed by atoms with Crippen LogP contribution in [0.5, 0.6) is 0 Å². The Hall–Kier alpha value is -2.84. The summed E-state index contributed by atoms with van der Waals surface area (Å²) in [5.74, 6) is -0.210. The molecule has 3 atom stereocenters. The predicted molar refractivity (Wildman–Crippen MR) is 320 cm³/mol. The first-order valence-corrected chi connectivity index (χ1v) is 31.7. The van der Waals surface area contributed by atoms with E-state index in [1.807, 2.05) is 27.2 Å². The highest BCUT2D eigenvalue weighted by Crippen LogP contribution is 2.38. The maximum atomic E-state index is 12.9. The van der Waals surface area contributed by atoms with Crippen molar-refractivity contribution in [3.63, 3.8) is 0 Å². The number of rotatable bonds is 54. The fraction of sp³-hybridized carbons (Fsp3) is 0.708. The first-order valence-electron chi connectivity index (χ1n) is 30.2. The Labute approximate surface area is 457 Å². The Bertz CT molecular complexity index is 1570. The van der Waals surface area contributed by atoms with Crippen LogP contribution in [0.15, 0.2) is 109 Å². The second-order valence-corrected chi connectivity index (χ2v) is 22.7. The van der Waals surface area contributed by atoms with Crippen molar-refractivity contribution in [3.8, 4) is 0 Å². The van der Waals surface area contributed by atoms with E-state index in [0.717, 1.165) is 83.5 Å². The summed E-state index contributed by atoms with van der Waals surface area (Å²) in [7, 11) is 1.24. The molecule has 0 aliphatic heterocycles. The van der Waals surface area contributed by atoms with Crippen LogP contribution >= 0.6 is 7.82 Å². The van der Waals surface area contributed by atoms with E-state index in [4.69, 9.17) is 9.05 Å². The van der Waals surface area contributed by atoms with Crippen molar-refractivity contribution < 1.29 is 32.9 Å². The number of aliphatic hydroxyl groups is 1. The number of nitrogens with zero attached hydrogens (tertiary/aromatic N) is 1. The molecule has 0 spiro atoms. The van der Waals surface area contributed by atoms with Gasteiger partial charge in [0.2, 0.25) is 5.91 Å². The normalized spacial score (nSPS) is 14.6. The van der Waals surface area contributed by atoms with Crippen LogP contribution in [0.3, 0.4) is 0 Å². The first kappa shape index (κ1) is 71.2. The largest absolute Gasteiger partial charge is 0.756 e. The van der Waals surface area contributed by atoms with E-state index in [9.17, 15) is 19.4 Å². The standard InChI is InChI=1S/C65H115N2O6P/c1-6-8-10-12-14-16-18-19-20-21-22-23-24-25-26-27-28-29-30-31-32-33-34-35-36-37-38-39-40-41-42-43-44-45-46-47-49-51-53-55-57-59-65(69)66-63(62-73-74(70,71)72-61-60-67(3,4)5)64(68)58-56-54-52-50-48-17-15-13-11-9-7-2/h8,10,14,16,19-20,22-23,25-26,28-29,31-32,48,50,56,58,63-64,68H,6-7,9,11-13,15,17-18,21,24,27,30,33-47,49,51-55,57,59-62H2,1-5H3,(H-,66,69,70,71)/b10-8-,16-14-,20-19-,23-22-,26-25-,29-28-,32-31-,50-48+,58-56+. The summed E-state index contributed by atoms with van der Waals surface area (Å²) in [5.41, 5.74) is 0. The fourth-order valence-corrected chi connectivity index (χ4v) is 8.99. The molecule has 0 saturated carbocycles. The number of amides is 1. The van der Waals surface area contributed by atoms with Gasteiger partial charge in [0.25, 0.3) is 7.82 Å². The predicted octanol–water partition coefficient (Wildman–Crippen LogP) is 18.1. The van der Waals surface area contributed by atoms with Crippen LogP contribution in [0.25, 0.3) is 0 Å². The van der Waals surface area contributed by atoms with Gasteiger partial charge in [-0.1, -0.05) is 258 Å². The third-order valence-corrected chi connectivity index (χ3v) is 13.9. The number of hydrogen-bond acceptors (Lipinski definition) is 6. The molecule has 0 aliphatic carbocycles. The van der Waals surface area contributed by atoms with Gasteiger partial charge < -0.3 is 28.8 Å². The van der Waals surface area contributed by atoms with Crippen LogP contribution in [0.2, 0.25) is 0 Å². The molecule has 3 unspecified atom stereocenters. The van der Waals surface area contributed by atoms with E-state index < -0.39 is 26.6 Å². The first-order chi connectivity index (χ1) is 36.0. The minimum absolute atomic E-state index is 0.00897. The van der Waals surface area contributed by atoms with Crippen molar-refractivity contribution in [2.75, 3.05) is 40.9 Å². The lowest BCUT2D eigenvalue weighted by atomic mass is 10.0. The number of unbranched alkanes of at least 4 members (excludes halogenated alkanes) is 25. The maximum Gasteiger partial charge on any atom is 0.268 e. The van der Waals surface area contributed by atoms with Crippen molar-refractivity contribution in [1.29, 1.82) is 0 Å². The average molecular weight is 1050 g/mol. The van der Waals surface area contributed by atoms with Crippen LogP contribution in [0.4, 0.5) is 0 Å². The molecule has 9 heteroatoms. The van der Waals surface area contributed by atoms with Crippen LogP contribution in [0.1, 0.15) is 245 Å². The van der Waals surface area contributed by atoms with Gasteiger partial charge in [-0.05, 0) is 89.9 Å². The third kappa shape index (κ3) is 56.9. The van der Waals surface area contributed by atoms with Gasteiger partial charge in [0.15, 0.2) is 0 Å². The monoisotopic (exact) mass is 1050 g/mol. The molecule has 0 bridgehead atoms. The molecule has 0 aromatic heterocycles. The Balaban J connectivity index is 3.92. The van der Waals surface area contributed by atoms with E-state index in [-0.39, 0.29) is 12.5 Å². The number of quaternary nitrogens is 1. The second kappa shape index (κ2) is 54.9. The van der Waals surface area contributed by atoms with Gasteiger partial charge in [-0.3, -0.25) is 9.36 Å². The Morgan fingerprint density at radius 3 is 1.26 bits per heavy atom. The van der Waals surface area contributed by atoms with Crippen molar-refractivity contribution >= 4 is 13.7 Å². The molecular formula is C65H115N2O6P. The van der Waals surface area contributed by atoms with Gasteiger partial charge in [0.1, 0.15) is 13.2 Å². The number of aliphatic hydroxyl groups excluding tert-OH is 1. The summed E-state index contributed by atoms with van der Waals surface area (Å²) in [6.07, 6.45) is 80.6. The molecule has 1 amide bonds. The summed E-state index contributed by atoms with van der Waals surface area (Å²) in [4.78, 5) is 25.4. The highest BCUT2D eigenvalue weighted by molar-refractivity contribution is 7.45. The molecule has 0 aromatic rings. The van der Waals surface area contributed by atoms with Crippen molar-refractivity contribution in [2.45, 2.75) is 257 Å². The van der Waals surface area contributed by atoms with E-state index in [0.29, 0.717) is 17.4 Å². The average Bonchev–Trinajstić information content (AvgIpc) is 3.36. The topological polar surface area (TPSA) is 108 Å². The lowest BCUT2D eigenvalue weighted by Gasteiger charge is -2.29. The second-order valence-electron chi connectivity index (χ2n) is 21.3. The number of phosphoric acid groups is 1. The van der Waals surface area contributed by atoms with Crippen LogP contribution < -0.4 is 10.2 Å². The zero-order chi connectivity index (χ0) is 54.2. The molecular weight excluding hydrogens is 936 g/mol. The number of hydrogen-bond donors (Lipinski definition) is 2. The highest BCUT2D eigenvalue weighted by Gasteiger charge is 2.23. The number of carbonyl (C=O) groups excluding carboxylic acids is 1. The lowest BCUT2D eigenvalue weighted by molar-refractivity contribution is -0.870. The number of phosphoric ester groups is 1. The zero-order valence-corrected chi connectivity index (χ0v) is 49.4. The smallest absolute Gasteiger partial charge is 0.268 e. The molecule has 0 heterocycles. The molecule has 426 valence electrons. The number of allylic oxidation sites excluding steroid dienone is 17. The summed E-state index contributed by atoms with van der Waals surface area (Å²) in [6, 6.07) is -0.905. The lowest BCUT2D eigenvalue weighted by Crippen LogP contribution is -2.45. The Kier molecular flexibility index (Phi) is 52.8. The molecule has 0 fully saturated rings. The van der Waals surface area contributed by atoms with Crippen molar-refractivity contribution in [2.24, 2.45) is 0 Å². The number of nitrogens with one attached hydrogen (secondary N) is 1. The van der Waals surface area contributed by atoms with E-state index in [2.05, 4.69) is 116 Å². The molecule has 0 aromatic carbocycles. The minimum Gasteiger partial charge on any atom is -0.756 e. The van der Waals surface area contributed by atoms with Gasteiger partial charge >= 0.3 is 0 Å². The molecule has 0 saturated heterocycles. The van der Waals surface area contributed by atoms with E-state index in [1.54, 1.807) is 6.08 Å². The number of carbonyl (C=O) groups is 1. The van der Waals surface area contributed by atoms with Crippen molar-refractivity contribution in [3.05, 3.63) is 109 Å². The molecule has 8 nitrogen and oxygen atoms in total. The summed E-state index contributed by atoms with van der Waals surface area (Å²) < 4.78 is 23.2. The van der Waals surface area contributed by atoms with Crippen LogP contribution in [0, 0.1) is 0 Å². The molecule has 0 rings (SSSR count). The van der Waals surface area contributed by atoms with E-state index >= 15 is 0 Å². The zero-order valence-electron chi connectivity index (χ0n) is 48.5. The maximum absolute atomic E-state index is 12.9.